The van der Waals surface area contributed by atoms with Crippen molar-refractivity contribution in [2.75, 3.05) is 0 Å². The smallest absolute Gasteiger partial charge is 0.0887 e. The predicted molar refractivity (Wildman–Crippen MR) is 82.1 cm³/mol. The summed E-state index contributed by atoms with van der Waals surface area (Å²) in [6.07, 6.45) is 9.33. The van der Waals surface area contributed by atoms with Crippen LogP contribution < -0.4 is 0 Å². The summed E-state index contributed by atoms with van der Waals surface area (Å²) in [5, 5.41) is 1.17. The van der Waals surface area contributed by atoms with Crippen LogP contribution in [0.4, 0.5) is 0 Å². The van der Waals surface area contributed by atoms with Gasteiger partial charge in [-0.2, -0.15) is 0 Å². The normalized spacial score (nSPS) is 10.9. The van der Waals surface area contributed by atoms with E-state index in [4.69, 9.17) is 0 Å². The highest BCUT2D eigenvalue weighted by atomic mass is 15.0. The van der Waals surface area contributed by atoms with Gasteiger partial charge in [-0.3, -0.25) is 15.0 Å². The molecule has 0 aromatic carbocycles. The minimum absolute atomic E-state index is 0.869. The lowest BCUT2D eigenvalue weighted by Gasteiger charge is -2.06. The summed E-state index contributed by atoms with van der Waals surface area (Å²) in [5.41, 5.74) is 3.83. The Kier molecular flexibility index (Phi) is 2.71. The van der Waals surface area contributed by atoms with Crippen LogP contribution in [0.15, 0.2) is 73.4 Å². The summed E-state index contributed by atoms with van der Waals surface area (Å²) in [4.78, 5) is 13.0. The first kappa shape index (κ1) is 11.8. The number of hydrogen-bond donors (Lipinski definition) is 0. The van der Waals surface area contributed by atoms with Crippen LogP contribution in [0.2, 0.25) is 0 Å². The monoisotopic (exact) mass is 272 g/mol. The second-order valence-corrected chi connectivity index (χ2v) is 4.74. The fourth-order valence-corrected chi connectivity index (χ4v) is 2.39. The number of hydrogen-bond acceptors (Lipinski definition) is 3. The molecule has 0 N–H and O–H groups in total. The lowest BCUT2D eigenvalue weighted by Crippen LogP contribution is -1.94. The van der Waals surface area contributed by atoms with Crippen molar-refractivity contribution in [2.45, 2.75) is 0 Å². The highest BCUT2D eigenvalue weighted by molar-refractivity contribution is 5.80. The first-order valence-corrected chi connectivity index (χ1v) is 6.71. The third-order valence-corrected chi connectivity index (χ3v) is 3.45. The summed E-state index contributed by atoms with van der Waals surface area (Å²) >= 11 is 0. The molecule has 0 radical (unpaired) electrons. The van der Waals surface area contributed by atoms with Crippen LogP contribution in [-0.4, -0.2) is 19.5 Å². The summed E-state index contributed by atoms with van der Waals surface area (Å²) in [6.45, 7) is 0. The molecular weight excluding hydrogens is 260 g/mol. The first-order chi connectivity index (χ1) is 10.4. The second kappa shape index (κ2) is 4.83. The Labute approximate surface area is 121 Å². The molecule has 4 nitrogen and oxygen atoms in total. The molecule has 4 heterocycles. The Morgan fingerprint density at radius 1 is 0.762 bits per heavy atom. The van der Waals surface area contributed by atoms with Crippen molar-refractivity contribution < 1.29 is 0 Å². The van der Waals surface area contributed by atoms with Gasteiger partial charge in [-0.15, -0.1) is 0 Å². The van der Waals surface area contributed by atoms with Crippen molar-refractivity contribution in [1.82, 2.24) is 19.5 Å². The number of aromatic nitrogens is 4. The number of rotatable bonds is 2. The average Bonchev–Trinajstić information content (AvgIpc) is 3.00. The van der Waals surface area contributed by atoms with Gasteiger partial charge in [-0.1, -0.05) is 6.07 Å². The lowest BCUT2D eigenvalue weighted by molar-refractivity contribution is 1.09. The topological polar surface area (TPSA) is 43.6 Å². The molecule has 4 heteroatoms. The van der Waals surface area contributed by atoms with Crippen molar-refractivity contribution >= 4 is 10.9 Å². The third-order valence-electron chi connectivity index (χ3n) is 3.45. The quantitative estimate of drug-likeness (QED) is 0.561. The van der Waals surface area contributed by atoms with Gasteiger partial charge < -0.3 is 4.57 Å². The number of pyridine rings is 3. The van der Waals surface area contributed by atoms with E-state index in [2.05, 4.69) is 25.6 Å². The summed E-state index contributed by atoms with van der Waals surface area (Å²) in [7, 11) is 0. The minimum Gasteiger partial charge on any atom is -0.314 e. The zero-order valence-corrected chi connectivity index (χ0v) is 11.2. The molecule has 0 saturated carbocycles. The molecule has 0 aliphatic heterocycles. The zero-order chi connectivity index (χ0) is 14.1. The highest BCUT2D eigenvalue weighted by Gasteiger charge is 2.05. The molecule has 0 saturated heterocycles. The van der Waals surface area contributed by atoms with Gasteiger partial charge in [0.15, 0.2) is 0 Å². The molecule has 0 unspecified atom stereocenters. The van der Waals surface area contributed by atoms with E-state index in [0.717, 1.165) is 22.6 Å². The maximum absolute atomic E-state index is 4.51. The van der Waals surface area contributed by atoms with Crippen LogP contribution in [0, 0.1) is 0 Å². The van der Waals surface area contributed by atoms with Crippen LogP contribution in [0.1, 0.15) is 0 Å². The van der Waals surface area contributed by atoms with Crippen molar-refractivity contribution in [1.29, 1.82) is 0 Å². The zero-order valence-electron chi connectivity index (χ0n) is 11.2. The van der Waals surface area contributed by atoms with Crippen molar-refractivity contribution in [3.63, 3.8) is 0 Å². The molecule has 0 bridgehead atoms. The van der Waals surface area contributed by atoms with Crippen LogP contribution in [-0.2, 0) is 0 Å². The Bertz CT molecular complexity index is 879. The SMILES string of the molecule is c1ccc(-c2ccc(-n3ccc4ccncc43)cn2)nc1. The molecule has 0 amide bonds. The van der Waals surface area contributed by atoms with Crippen LogP contribution in [0.5, 0.6) is 0 Å². The van der Waals surface area contributed by atoms with E-state index in [-0.39, 0.29) is 0 Å². The molecule has 0 aliphatic carbocycles. The minimum atomic E-state index is 0.869. The van der Waals surface area contributed by atoms with Gasteiger partial charge in [0.05, 0.1) is 35.0 Å². The Hall–Kier alpha value is -3.01. The average molecular weight is 272 g/mol. The molecule has 4 rings (SSSR count). The highest BCUT2D eigenvalue weighted by Crippen LogP contribution is 2.20. The van der Waals surface area contributed by atoms with Crippen LogP contribution >= 0.6 is 0 Å². The fourth-order valence-electron chi connectivity index (χ4n) is 2.39. The first-order valence-electron chi connectivity index (χ1n) is 6.71. The number of nitrogens with zero attached hydrogens (tertiary/aromatic N) is 4. The van der Waals surface area contributed by atoms with Gasteiger partial charge in [0.2, 0.25) is 0 Å². The van der Waals surface area contributed by atoms with Crippen LogP contribution in [0.25, 0.3) is 28.0 Å². The fraction of sp³-hybridized carbons (Fsp3) is 0. The van der Waals surface area contributed by atoms with Gasteiger partial charge in [0.1, 0.15) is 0 Å². The molecule has 0 atom stereocenters. The number of fused-ring (bicyclic) bond motifs is 1. The Morgan fingerprint density at radius 2 is 1.71 bits per heavy atom. The van der Waals surface area contributed by atoms with Crippen molar-refractivity contribution in [3.05, 3.63) is 73.4 Å². The van der Waals surface area contributed by atoms with E-state index in [0.29, 0.717) is 0 Å². The molecule has 21 heavy (non-hydrogen) atoms. The predicted octanol–water partition coefficient (Wildman–Crippen LogP) is 3.48. The van der Waals surface area contributed by atoms with Gasteiger partial charge in [0.25, 0.3) is 0 Å². The van der Waals surface area contributed by atoms with Crippen LogP contribution in [0.3, 0.4) is 0 Å². The molecule has 0 spiro atoms. The lowest BCUT2D eigenvalue weighted by atomic mass is 10.2. The van der Waals surface area contributed by atoms with E-state index in [1.165, 1.54) is 5.39 Å². The third kappa shape index (κ3) is 2.07. The summed E-state index contributed by atoms with van der Waals surface area (Å²) in [6, 6.07) is 13.9. The van der Waals surface area contributed by atoms with Crippen molar-refractivity contribution in [3.8, 4) is 17.1 Å². The molecular formula is C17H12N4. The summed E-state index contributed by atoms with van der Waals surface area (Å²) < 4.78 is 2.08. The maximum atomic E-state index is 4.51. The largest absolute Gasteiger partial charge is 0.314 e. The van der Waals surface area contributed by atoms with Crippen molar-refractivity contribution in [2.24, 2.45) is 0 Å². The molecule has 4 aromatic heterocycles. The molecule has 4 aromatic rings. The van der Waals surface area contributed by atoms with E-state index in [1.807, 2.05) is 55.0 Å². The summed E-state index contributed by atoms with van der Waals surface area (Å²) in [5.74, 6) is 0. The van der Waals surface area contributed by atoms with E-state index in [9.17, 15) is 0 Å². The van der Waals surface area contributed by atoms with E-state index >= 15 is 0 Å². The maximum Gasteiger partial charge on any atom is 0.0887 e. The Balaban J connectivity index is 1.77. The van der Waals surface area contributed by atoms with Gasteiger partial charge in [0, 0.05) is 24.0 Å². The van der Waals surface area contributed by atoms with E-state index in [1.54, 1.807) is 12.4 Å². The second-order valence-electron chi connectivity index (χ2n) is 4.74. The van der Waals surface area contributed by atoms with Gasteiger partial charge >= 0.3 is 0 Å². The molecule has 0 aliphatic rings. The van der Waals surface area contributed by atoms with E-state index < -0.39 is 0 Å². The van der Waals surface area contributed by atoms with Gasteiger partial charge in [-0.25, -0.2) is 0 Å². The molecule has 0 fully saturated rings. The Morgan fingerprint density at radius 3 is 2.52 bits per heavy atom. The standard InChI is InChI=1S/C17H12N4/c1-2-8-19-15(3-1)16-5-4-14(11-20-16)21-10-7-13-6-9-18-12-17(13)21/h1-12H. The van der Waals surface area contributed by atoms with Gasteiger partial charge in [-0.05, 0) is 36.4 Å². The molecule has 100 valence electrons.